The fraction of sp³-hybridized carbons (Fsp3) is 0.500. The van der Waals surface area contributed by atoms with Crippen molar-refractivity contribution in [3.05, 3.63) is 28.8 Å². The van der Waals surface area contributed by atoms with Crippen molar-refractivity contribution in [2.75, 3.05) is 13.6 Å². The van der Waals surface area contributed by atoms with Crippen molar-refractivity contribution in [3.8, 4) is 0 Å². The lowest BCUT2D eigenvalue weighted by Gasteiger charge is -2.21. The van der Waals surface area contributed by atoms with Crippen molar-refractivity contribution in [2.24, 2.45) is 10.9 Å². The number of pyridine rings is 1. The molecule has 0 aliphatic carbocycles. The Kier molecular flexibility index (Phi) is 5.35. The topological polar surface area (TPSA) is 28.5 Å². The Hall–Kier alpha value is -1.16. The molecule has 0 radical (unpaired) electrons. The highest BCUT2D eigenvalue weighted by atomic mass is 35.5. The van der Waals surface area contributed by atoms with E-state index in [2.05, 4.69) is 23.8 Å². The molecule has 0 bridgehead atoms. The van der Waals surface area contributed by atoms with E-state index in [1.165, 1.54) is 0 Å². The molecule has 0 aliphatic heterocycles. The predicted molar refractivity (Wildman–Crippen MR) is 68.9 cm³/mol. The third-order valence-corrected chi connectivity index (χ3v) is 2.40. The molecule has 0 saturated heterocycles. The van der Waals surface area contributed by atoms with Gasteiger partial charge in [-0.3, -0.25) is 9.98 Å². The lowest BCUT2D eigenvalue weighted by atomic mass is 10.2. The molecular formula is C12H17ClFN3. The average molecular weight is 258 g/mol. The fourth-order valence-electron chi connectivity index (χ4n) is 1.53. The molecule has 1 rings (SSSR count). The molecule has 5 heteroatoms. The van der Waals surface area contributed by atoms with Crippen LogP contribution < -0.4 is 0 Å². The van der Waals surface area contributed by atoms with Gasteiger partial charge in [-0.1, -0.05) is 25.4 Å². The second-order valence-electron chi connectivity index (χ2n) is 4.29. The van der Waals surface area contributed by atoms with Crippen LogP contribution in [0.2, 0.25) is 5.02 Å². The van der Waals surface area contributed by atoms with Gasteiger partial charge in [0.05, 0.1) is 29.8 Å². The monoisotopic (exact) mass is 257 g/mol. The summed E-state index contributed by atoms with van der Waals surface area (Å²) < 4.78 is 13.0. The van der Waals surface area contributed by atoms with Crippen LogP contribution in [0.25, 0.3) is 0 Å². The molecule has 0 aliphatic rings. The molecule has 1 heterocycles. The number of halogens is 2. The van der Waals surface area contributed by atoms with E-state index < -0.39 is 5.82 Å². The molecular weight excluding hydrogens is 241 g/mol. The SMILES string of the molecule is CN=CN(Cc1cc(Cl)c(F)cn1)CC(C)C. The molecule has 94 valence electrons. The van der Waals surface area contributed by atoms with E-state index in [4.69, 9.17) is 11.6 Å². The van der Waals surface area contributed by atoms with E-state index >= 15 is 0 Å². The van der Waals surface area contributed by atoms with Crippen molar-refractivity contribution in [2.45, 2.75) is 20.4 Å². The lowest BCUT2D eigenvalue weighted by Crippen LogP contribution is -2.26. The zero-order valence-corrected chi connectivity index (χ0v) is 11.1. The van der Waals surface area contributed by atoms with Crippen LogP contribution in [0.4, 0.5) is 4.39 Å². The van der Waals surface area contributed by atoms with Gasteiger partial charge in [0.25, 0.3) is 0 Å². The highest BCUT2D eigenvalue weighted by molar-refractivity contribution is 6.30. The Balaban J connectivity index is 2.74. The number of aromatic nitrogens is 1. The zero-order valence-electron chi connectivity index (χ0n) is 10.3. The normalized spacial score (nSPS) is 11.4. The van der Waals surface area contributed by atoms with Crippen LogP contribution in [0.15, 0.2) is 17.3 Å². The van der Waals surface area contributed by atoms with Gasteiger partial charge in [-0.15, -0.1) is 0 Å². The highest BCUT2D eigenvalue weighted by Crippen LogP contribution is 2.15. The smallest absolute Gasteiger partial charge is 0.160 e. The largest absolute Gasteiger partial charge is 0.357 e. The second kappa shape index (κ2) is 6.55. The summed E-state index contributed by atoms with van der Waals surface area (Å²) in [6.07, 6.45) is 2.91. The van der Waals surface area contributed by atoms with E-state index in [-0.39, 0.29) is 5.02 Å². The zero-order chi connectivity index (χ0) is 12.8. The Morgan fingerprint density at radius 2 is 2.29 bits per heavy atom. The van der Waals surface area contributed by atoms with E-state index in [1.54, 1.807) is 19.5 Å². The van der Waals surface area contributed by atoms with Crippen LogP contribution in [-0.2, 0) is 6.54 Å². The Bertz CT molecular complexity index is 393. The molecule has 0 fully saturated rings. The first kappa shape index (κ1) is 13.9. The summed E-state index contributed by atoms with van der Waals surface area (Å²) in [6, 6.07) is 1.55. The quantitative estimate of drug-likeness (QED) is 0.599. The predicted octanol–water partition coefficient (Wildman–Crippen LogP) is 2.99. The van der Waals surface area contributed by atoms with Crippen molar-refractivity contribution in [1.82, 2.24) is 9.88 Å². The summed E-state index contributed by atoms with van der Waals surface area (Å²) in [5, 5.41) is 0.105. The minimum atomic E-state index is -0.491. The summed E-state index contributed by atoms with van der Waals surface area (Å²) >= 11 is 5.71. The van der Waals surface area contributed by atoms with Crippen LogP contribution >= 0.6 is 11.6 Å². The van der Waals surface area contributed by atoms with Crippen LogP contribution in [0.3, 0.4) is 0 Å². The van der Waals surface area contributed by atoms with Gasteiger partial charge in [0.2, 0.25) is 0 Å². The Morgan fingerprint density at radius 3 is 2.82 bits per heavy atom. The molecule has 0 saturated carbocycles. The molecule has 0 N–H and O–H groups in total. The third-order valence-electron chi connectivity index (χ3n) is 2.11. The summed E-state index contributed by atoms with van der Waals surface area (Å²) in [5.74, 6) is 0.0268. The summed E-state index contributed by atoms with van der Waals surface area (Å²) in [5.41, 5.74) is 0.733. The Morgan fingerprint density at radius 1 is 1.59 bits per heavy atom. The van der Waals surface area contributed by atoms with E-state index in [1.807, 2.05) is 4.90 Å². The van der Waals surface area contributed by atoms with Gasteiger partial charge in [0.1, 0.15) is 0 Å². The maximum Gasteiger partial charge on any atom is 0.160 e. The first-order valence-corrected chi connectivity index (χ1v) is 5.87. The van der Waals surface area contributed by atoms with Crippen LogP contribution in [0.5, 0.6) is 0 Å². The first-order chi connectivity index (χ1) is 8.02. The van der Waals surface area contributed by atoms with Gasteiger partial charge in [0.15, 0.2) is 5.82 Å². The van der Waals surface area contributed by atoms with Crippen LogP contribution in [0.1, 0.15) is 19.5 Å². The first-order valence-electron chi connectivity index (χ1n) is 5.49. The minimum Gasteiger partial charge on any atom is -0.357 e. The summed E-state index contributed by atoms with van der Waals surface area (Å²) in [4.78, 5) is 10.0. The molecule has 0 spiro atoms. The number of aliphatic imine (C=N–C) groups is 1. The van der Waals surface area contributed by atoms with Crippen molar-refractivity contribution >= 4 is 17.9 Å². The number of rotatable bonds is 5. The average Bonchev–Trinajstić information content (AvgIpc) is 2.23. The maximum atomic E-state index is 13.0. The van der Waals surface area contributed by atoms with E-state index in [0.717, 1.165) is 18.4 Å². The van der Waals surface area contributed by atoms with E-state index in [9.17, 15) is 4.39 Å². The number of hydrogen-bond donors (Lipinski definition) is 0. The summed E-state index contributed by atoms with van der Waals surface area (Å²) in [7, 11) is 1.72. The van der Waals surface area contributed by atoms with Gasteiger partial charge in [-0.25, -0.2) is 4.39 Å². The van der Waals surface area contributed by atoms with Crippen molar-refractivity contribution in [3.63, 3.8) is 0 Å². The van der Waals surface area contributed by atoms with Gasteiger partial charge < -0.3 is 4.90 Å². The standard InChI is InChI=1S/C12H17ClFN3/c1-9(2)6-17(8-15-3)7-10-4-11(13)12(14)5-16-10/h4-5,8-9H,6-7H2,1-3H3. The molecule has 0 unspecified atom stereocenters. The number of hydrogen-bond acceptors (Lipinski definition) is 2. The fourth-order valence-corrected chi connectivity index (χ4v) is 1.71. The molecule has 0 aromatic carbocycles. The third kappa shape index (κ3) is 4.69. The maximum absolute atomic E-state index is 13.0. The lowest BCUT2D eigenvalue weighted by molar-refractivity contribution is 0.365. The van der Waals surface area contributed by atoms with Gasteiger partial charge in [-0.2, -0.15) is 0 Å². The van der Waals surface area contributed by atoms with Crippen molar-refractivity contribution < 1.29 is 4.39 Å². The number of nitrogens with zero attached hydrogens (tertiary/aromatic N) is 3. The molecule has 3 nitrogen and oxygen atoms in total. The van der Waals surface area contributed by atoms with Crippen molar-refractivity contribution in [1.29, 1.82) is 0 Å². The molecule has 1 aromatic rings. The van der Waals surface area contributed by atoms with Crippen LogP contribution in [-0.4, -0.2) is 29.8 Å². The second-order valence-corrected chi connectivity index (χ2v) is 4.69. The Labute approximate surface area is 106 Å². The van der Waals surface area contributed by atoms with Gasteiger partial charge >= 0.3 is 0 Å². The minimum absolute atomic E-state index is 0.105. The summed E-state index contributed by atoms with van der Waals surface area (Å²) in [6.45, 7) is 5.70. The highest BCUT2D eigenvalue weighted by Gasteiger charge is 2.07. The molecule has 17 heavy (non-hydrogen) atoms. The van der Waals surface area contributed by atoms with Gasteiger partial charge in [-0.05, 0) is 12.0 Å². The molecule has 1 aromatic heterocycles. The van der Waals surface area contributed by atoms with E-state index in [0.29, 0.717) is 12.5 Å². The van der Waals surface area contributed by atoms with Crippen LogP contribution in [0, 0.1) is 11.7 Å². The molecule has 0 amide bonds. The molecule has 0 atom stereocenters. The van der Waals surface area contributed by atoms with Gasteiger partial charge in [0, 0.05) is 13.6 Å².